The van der Waals surface area contributed by atoms with Crippen molar-refractivity contribution in [2.45, 2.75) is 70.8 Å². The van der Waals surface area contributed by atoms with Gasteiger partial charge in [-0.05, 0) is 43.9 Å². The first kappa shape index (κ1) is 21.8. The van der Waals surface area contributed by atoms with Crippen LogP contribution in [0.25, 0.3) is 11.4 Å². The van der Waals surface area contributed by atoms with E-state index in [1.807, 2.05) is 6.07 Å². The van der Waals surface area contributed by atoms with Crippen LogP contribution in [0.2, 0.25) is 5.02 Å². The fraction of sp³-hybridized carbons (Fsp3) is 0.565. The van der Waals surface area contributed by atoms with E-state index in [-0.39, 0.29) is 24.2 Å². The van der Waals surface area contributed by atoms with E-state index in [2.05, 4.69) is 25.4 Å². The summed E-state index contributed by atoms with van der Waals surface area (Å²) in [6.45, 7) is 1.23. The Hall–Kier alpha value is -2.41. The Kier molecular flexibility index (Phi) is 7.22. The minimum Gasteiger partial charge on any atom is -0.355 e. The van der Waals surface area contributed by atoms with E-state index in [0.717, 1.165) is 68.7 Å². The minimum atomic E-state index is -0.141. The number of nitrogens with zero attached hydrogens (tertiary/aromatic N) is 3. The molecule has 0 spiro atoms. The third kappa shape index (κ3) is 5.45. The van der Waals surface area contributed by atoms with Gasteiger partial charge in [0.25, 0.3) is 0 Å². The minimum absolute atomic E-state index is 0.0776. The Morgan fingerprint density at radius 3 is 2.71 bits per heavy atom. The zero-order valence-electron chi connectivity index (χ0n) is 17.8. The summed E-state index contributed by atoms with van der Waals surface area (Å²) in [5, 5.41) is 15.1. The van der Waals surface area contributed by atoms with Gasteiger partial charge in [-0.3, -0.25) is 9.59 Å². The van der Waals surface area contributed by atoms with Gasteiger partial charge in [-0.1, -0.05) is 37.3 Å². The molecule has 0 bridgehead atoms. The van der Waals surface area contributed by atoms with Crippen LogP contribution < -0.4 is 10.6 Å². The molecule has 0 radical (unpaired) electrons. The molecule has 1 aliphatic carbocycles. The molecule has 2 amide bonds. The zero-order valence-corrected chi connectivity index (χ0v) is 18.6. The van der Waals surface area contributed by atoms with Gasteiger partial charge >= 0.3 is 0 Å². The van der Waals surface area contributed by atoms with Crippen molar-refractivity contribution in [3.05, 3.63) is 29.0 Å². The van der Waals surface area contributed by atoms with Crippen molar-refractivity contribution < 1.29 is 9.59 Å². The van der Waals surface area contributed by atoms with Gasteiger partial charge in [-0.25, -0.2) is 0 Å². The lowest BCUT2D eigenvalue weighted by molar-refractivity contribution is -0.126. The molecular weight excluding hydrogens is 414 g/mol. The highest BCUT2D eigenvalue weighted by molar-refractivity contribution is 6.33. The molecule has 0 saturated heterocycles. The molecule has 8 heteroatoms. The van der Waals surface area contributed by atoms with E-state index < -0.39 is 0 Å². The average Bonchev–Trinajstić information content (AvgIpc) is 3.03. The Balaban J connectivity index is 1.36. The van der Waals surface area contributed by atoms with E-state index in [1.54, 1.807) is 12.1 Å². The molecule has 1 saturated carbocycles. The summed E-state index contributed by atoms with van der Waals surface area (Å²) in [5.41, 5.74) is 1.43. The zero-order chi connectivity index (χ0) is 21.6. The molecule has 0 atom stereocenters. The molecular formula is C23H30ClN5O2. The third-order valence-corrected chi connectivity index (χ3v) is 6.56. The number of hydrogen-bond acceptors (Lipinski definition) is 4. The van der Waals surface area contributed by atoms with E-state index in [4.69, 9.17) is 11.6 Å². The highest BCUT2D eigenvalue weighted by Crippen LogP contribution is 2.31. The third-order valence-electron chi connectivity index (χ3n) is 6.23. The predicted octanol–water partition coefficient (Wildman–Crippen LogP) is 4.35. The maximum absolute atomic E-state index is 12.4. The summed E-state index contributed by atoms with van der Waals surface area (Å²) < 4.78 is 2.14. The number of nitrogens with one attached hydrogen (secondary N) is 2. The molecule has 2 aliphatic rings. The number of carbonyl (C=O) groups excluding carboxylic acids is 2. The van der Waals surface area contributed by atoms with Gasteiger partial charge in [0.1, 0.15) is 5.82 Å². The van der Waals surface area contributed by atoms with Crippen LogP contribution in [0.3, 0.4) is 0 Å². The molecule has 4 rings (SSSR count). The van der Waals surface area contributed by atoms with Crippen LogP contribution in [0.15, 0.2) is 18.2 Å². The normalized spacial score (nSPS) is 16.9. The fourth-order valence-electron chi connectivity index (χ4n) is 4.49. The molecule has 1 aromatic heterocycles. The largest absolute Gasteiger partial charge is 0.355 e. The van der Waals surface area contributed by atoms with Crippen LogP contribution in [0.4, 0.5) is 5.69 Å². The number of aromatic nitrogens is 3. The van der Waals surface area contributed by atoms with E-state index >= 15 is 0 Å². The quantitative estimate of drug-likeness (QED) is 0.694. The van der Waals surface area contributed by atoms with Gasteiger partial charge in [0.15, 0.2) is 5.82 Å². The van der Waals surface area contributed by atoms with Crippen molar-refractivity contribution >= 4 is 29.1 Å². The van der Waals surface area contributed by atoms with Gasteiger partial charge in [0.2, 0.25) is 11.8 Å². The fourth-order valence-corrected chi connectivity index (χ4v) is 4.69. The van der Waals surface area contributed by atoms with Crippen LogP contribution in [0.1, 0.15) is 63.6 Å². The van der Waals surface area contributed by atoms with Crippen molar-refractivity contribution in [3.63, 3.8) is 0 Å². The summed E-state index contributed by atoms with van der Waals surface area (Å²) >= 11 is 6.46. The summed E-state index contributed by atoms with van der Waals surface area (Å²) in [7, 11) is 0. The molecule has 2 N–H and O–H groups in total. The molecule has 31 heavy (non-hydrogen) atoms. The Labute approximate surface area is 188 Å². The van der Waals surface area contributed by atoms with Gasteiger partial charge in [-0.15, -0.1) is 10.2 Å². The molecule has 1 aliphatic heterocycles. The van der Waals surface area contributed by atoms with Gasteiger partial charge in [-0.2, -0.15) is 0 Å². The van der Waals surface area contributed by atoms with Crippen molar-refractivity contribution in [2.24, 2.45) is 5.92 Å². The molecule has 2 aromatic rings. The highest BCUT2D eigenvalue weighted by Gasteiger charge is 2.21. The Morgan fingerprint density at radius 2 is 1.87 bits per heavy atom. The van der Waals surface area contributed by atoms with Crippen molar-refractivity contribution in [2.75, 3.05) is 11.9 Å². The van der Waals surface area contributed by atoms with Crippen molar-refractivity contribution in [1.82, 2.24) is 20.1 Å². The first-order valence-electron chi connectivity index (χ1n) is 11.4. The highest BCUT2D eigenvalue weighted by atomic mass is 35.5. The molecule has 2 heterocycles. The number of rotatable bonds is 6. The SMILES string of the molecule is O=C(CCNC(=O)C1CCCCC1)Nc1ccc(Cl)c(-c2nnc3n2CCCCC3)c1. The standard InChI is InChI=1S/C23H30ClN5O2/c24-19-11-10-17(15-18(19)22-28-27-20-9-5-2-6-14-29(20)22)26-21(30)12-13-25-23(31)16-7-3-1-4-8-16/h10-11,15-16H,1-9,12-14H2,(H,25,31)(H,26,30). The van der Waals surface area contributed by atoms with Crippen molar-refractivity contribution in [1.29, 1.82) is 0 Å². The van der Waals surface area contributed by atoms with E-state index in [9.17, 15) is 9.59 Å². The second-order valence-electron chi connectivity index (χ2n) is 8.52. The maximum Gasteiger partial charge on any atom is 0.226 e. The predicted molar refractivity (Wildman–Crippen MR) is 121 cm³/mol. The number of amides is 2. The van der Waals surface area contributed by atoms with Crippen molar-refractivity contribution in [3.8, 4) is 11.4 Å². The first-order chi connectivity index (χ1) is 15.1. The van der Waals surface area contributed by atoms with Crippen LogP contribution in [-0.2, 0) is 22.6 Å². The second-order valence-corrected chi connectivity index (χ2v) is 8.93. The number of hydrogen-bond donors (Lipinski definition) is 2. The molecule has 1 fully saturated rings. The lowest BCUT2D eigenvalue weighted by Gasteiger charge is -2.20. The average molecular weight is 444 g/mol. The second kappa shape index (κ2) is 10.3. The molecule has 7 nitrogen and oxygen atoms in total. The summed E-state index contributed by atoms with van der Waals surface area (Å²) in [5.74, 6) is 1.78. The number of benzene rings is 1. The lowest BCUT2D eigenvalue weighted by atomic mass is 9.89. The van der Waals surface area contributed by atoms with E-state index in [0.29, 0.717) is 17.3 Å². The molecule has 166 valence electrons. The van der Waals surface area contributed by atoms with Crippen LogP contribution in [0, 0.1) is 5.92 Å². The number of aryl methyl sites for hydroxylation is 1. The molecule has 0 unspecified atom stereocenters. The first-order valence-corrected chi connectivity index (χ1v) is 11.8. The summed E-state index contributed by atoms with van der Waals surface area (Å²) in [4.78, 5) is 24.6. The smallest absolute Gasteiger partial charge is 0.226 e. The van der Waals surface area contributed by atoms with E-state index in [1.165, 1.54) is 12.8 Å². The van der Waals surface area contributed by atoms with Gasteiger partial charge in [0.05, 0.1) is 5.02 Å². The molecule has 1 aromatic carbocycles. The number of fused-ring (bicyclic) bond motifs is 1. The van der Waals surface area contributed by atoms with Crippen LogP contribution in [-0.4, -0.2) is 33.1 Å². The van der Waals surface area contributed by atoms with Crippen LogP contribution in [0.5, 0.6) is 0 Å². The summed E-state index contributed by atoms with van der Waals surface area (Å²) in [6.07, 6.45) is 9.92. The van der Waals surface area contributed by atoms with Gasteiger partial charge < -0.3 is 15.2 Å². The van der Waals surface area contributed by atoms with Gasteiger partial charge in [0, 0.05) is 43.1 Å². The summed E-state index contributed by atoms with van der Waals surface area (Å²) in [6, 6.07) is 5.41. The Morgan fingerprint density at radius 1 is 1.06 bits per heavy atom. The number of carbonyl (C=O) groups is 2. The monoisotopic (exact) mass is 443 g/mol. The van der Waals surface area contributed by atoms with Crippen LogP contribution >= 0.6 is 11.6 Å². The number of anilines is 1. The lowest BCUT2D eigenvalue weighted by Crippen LogP contribution is -2.34. The number of halogens is 1. The maximum atomic E-state index is 12.4. The topological polar surface area (TPSA) is 88.9 Å². The Bertz CT molecular complexity index is 936.